The Labute approximate surface area is 227 Å². The van der Waals surface area contributed by atoms with Crippen molar-refractivity contribution in [2.45, 2.75) is 31.8 Å². The monoisotopic (exact) mass is 572 g/mol. The molecule has 0 heterocycles. The van der Waals surface area contributed by atoms with Gasteiger partial charge in [-0.2, -0.15) is 47.0 Å². The fourth-order valence-electron chi connectivity index (χ4n) is 2.01. The van der Waals surface area contributed by atoms with Crippen molar-refractivity contribution >= 4 is 82.5 Å². The van der Waals surface area contributed by atoms with Gasteiger partial charge in [0.05, 0.1) is 4.08 Å². The predicted molar refractivity (Wildman–Crippen MR) is 160 cm³/mol. The maximum atomic E-state index is 11.3. The van der Waals surface area contributed by atoms with Gasteiger partial charge >= 0.3 is 11.9 Å². The summed E-state index contributed by atoms with van der Waals surface area (Å²) in [5, 5.41) is 0. The Bertz CT molecular complexity index is 535. The zero-order valence-electron chi connectivity index (χ0n) is 20.5. The lowest BCUT2D eigenvalue weighted by atomic mass is 10.4. The van der Waals surface area contributed by atoms with E-state index in [0.717, 1.165) is 34.5 Å². The van der Waals surface area contributed by atoms with Crippen LogP contribution >= 0.6 is 70.6 Å². The van der Waals surface area contributed by atoms with E-state index < -0.39 is 0 Å². The van der Waals surface area contributed by atoms with E-state index in [0.29, 0.717) is 24.4 Å². The van der Waals surface area contributed by atoms with Gasteiger partial charge in [0.1, 0.15) is 13.2 Å². The maximum Gasteiger partial charge on any atom is 0.333 e. The van der Waals surface area contributed by atoms with Crippen LogP contribution in [0.5, 0.6) is 0 Å². The van der Waals surface area contributed by atoms with Crippen LogP contribution in [0.4, 0.5) is 0 Å². The van der Waals surface area contributed by atoms with Gasteiger partial charge in [-0.15, -0.1) is 23.5 Å². The highest BCUT2D eigenvalue weighted by Gasteiger charge is 2.18. The van der Waals surface area contributed by atoms with Gasteiger partial charge in [0.25, 0.3) is 0 Å². The number of hydrogen-bond donors (Lipinski definition) is 0. The zero-order chi connectivity index (χ0) is 25.0. The first kappa shape index (κ1) is 33.5. The van der Waals surface area contributed by atoms with E-state index in [2.05, 4.69) is 27.0 Å². The van der Waals surface area contributed by atoms with Crippen molar-refractivity contribution in [3.63, 3.8) is 0 Å². The number of thioether (sulfide) groups is 6. The lowest BCUT2D eigenvalue weighted by molar-refractivity contribution is -0.139. The summed E-state index contributed by atoms with van der Waals surface area (Å²) >= 11 is 11.7. The molecule has 0 N–H and O–H groups in total. The van der Waals surface area contributed by atoms with Crippen molar-refractivity contribution in [1.29, 1.82) is 0 Å². The predicted octanol–water partition coefficient (Wildman–Crippen LogP) is 6.36. The number of ether oxygens (including phenoxy) is 2. The molecule has 0 amide bonds. The number of carbonyl (C=O) groups is 2. The third-order valence-electron chi connectivity index (χ3n) is 3.72. The van der Waals surface area contributed by atoms with Crippen LogP contribution in [0.2, 0.25) is 0 Å². The van der Waals surface area contributed by atoms with Gasteiger partial charge in [0, 0.05) is 68.7 Å². The van der Waals surface area contributed by atoms with Crippen LogP contribution < -0.4 is 0 Å². The maximum absolute atomic E-state index is 11.3. The number of esters is 2. The van der Waals surface area contributed by atoms with Crippen LogP contribution in [-0.2, 0) is 19.1 Å². The number of hydrogen-bond acceptors (Lipinski definition) is 10. The minimum absolute atomic E-state index is 0.255. The first-order chi connectivity index (χ1) is 15.7. The van der Waals surface area contributed by atoms with Crippen LogP contribution in [0.1, 0.15) is 27.7 Å². The summed E-state index contributed by atoms with van der Waals surface area (Å²) in [5.41, 5.74) is 0.916. The molecular weight excluding hydrogens is 533 g/mol. The molecule has 0 saturated heterocycles. The molecular formula is C23H40O4S6. The van der Waals surface area contributed by atoms with Crippen LogP contribution in [0.25, 0.3) is 0 Å². The molecule has 33 heavy (non-hydrogen) atoms. The normalized spacial score (nSPS) is 11.3. The van der Waals surface area contributed by atoms with Gasteiger partial charge in [0.15, 0.2) is 0 Å². The van der Waals surface area contributed by atoms with Crippen molar-refractivity contribution in [2.24, 2.45) is 0 Å². The lowest BCUT2D eigenvalue weighted by Gasteiger charge is -2.23. The molecule has 0 bridgehead atoms. The van der Waals surface area contributed by atoms with Crippen molar-refractivity contribution in [3.8, 4) is 0 Å². The summed E-state index contributed by atoms with van der Waals surface area (Å²) in [6.45, 7) is 16.1. The van der Waals surface area contributed by atoms with Crippen molar-refractivity contribution in [2.75, 3.05) is 70.7 Å². The molecule has 10 heteroatoms. The van der Waals surface area contributed by atoms with Crippen LogP contribution in [0, 0.1) is 0 Å². The Morgan fingerprint density at radius 1 is 0.606 bits per heavy atom. The fourth-order valence-corrected chi connectivity index (χ4v) is 8.54. The summed E-state index contributed by atoms with van der Waals surface area (Å²) in [6.07, 6.45) is 0. The van der Waals surface area contributed by atoms with E-state index in [1.54, 1.807) is 13.8 Å². The summed E-state index contributed by atoms with van der Waals surface area (Å²) in [7, 11) is 0. The Morgan fingerprint density at radius 3 is 1.24 bits per heavy atom. The van der Waals surface area contributed by atoms with E-state index in [9.17, 15) is 9.59 Å². The second-order valence-corrected chi connectivity index (χ2v) is 16.0. The molecule has 0 unspecified atom stereocenters. The molecule has 0 aromatic carbocycles. The average Bonchev–Trinajstić information content (AvgIpc) is 2.75. The fraction of sp³-hybridized carbons (Fsp3) is 0.739. The molecule has 4 nitrogen and oxygen atoms in total. The smallest absolute Gasteiger partial charge is 0.333 e. The molecule has 0 fully saturated rings. The van der Waals surface area contributed by atoms with E-state index in [1.807, 2.05) is 70.6 Å². The van der Waals surface area contributed by atoms with Crippen molar-refractivity contribution < 1.29 is 19.1 Å². The minimum Gasteiger partial charge on any atom is -0.461 e. The Balaban J connectivity index is 3.44. The highest BCUT2D eigenvalue weighted by molar-refractivity contribution is 8.18. The van der Waals surface area contributed by atoms with Gasteiger partial charge in [-0.1, -0.05) is 13.2 Å². The highest BCUT2D eigenvalue weighted by Crippen LogP contribution is 2.37. The Morgan fingerprint density at radius 2 is 0.909 bits per heavy atom. The molecule has 0 aromatic rings. The van der Waals surface area contributed by atoms with Gasteiger partial charge in [-0.25, -0.2) is 9.59 Å². The molecule has 192 valence electrons. The second kappa shape index (κ2) is 21.8. The lowest BCUT2D eigenvalue weighted by Crippen LogP contribution is -2.12. The minimum atomic E-state index is -0.296. The summed E-state index contributed by atoms with van der Waals surface area (Å²) in [5.74, 6) is 10.2. The number of carbonyl (C=O) groups excluding carboxylic acids is 2. The Kier molecular flexibility index (Phi) is 22.1. The third kappa shape index (κ3) is 22.7. The zero-order valence-corrected chi connectivity index (χ0v) is 25.4. The van der Waals surface area contributed by atoms with Crippen LogP contribution in [0.15, 0.2) is 24.3 Å². The average molecular weight is 573 g/mol. The molecule has 0 atom stereocenters. The quantitative estimate of drug-likeness (QED) is 0.0634. The molecule has 0 aliphatic carbocycles. The van der Waals surface area contributed by atoms with Crippen LogP contribution in [-0.4, -0.2) is 86.8 Å². The SMILES string of the molecule is C=C(C)C(=O)OCCSCCSCCSC(C)(C)SCCSCCSCCOC(=O)C(=C)C. The first-order valence-corrected chi connectivity index (χ1v) is 17.5. The summed E-state index contributed by atoms with van der Waals surface area (Å²) in [6, 6.07) is 0. The second-order valence-electron chi connectivity index (χ2n) is 7.38. The Hall–Kier alpha value is 0.520. The molecule has 0 rings (SSSR count). The van der Waals surface area contributed by atoms with Crippen LogP contribution in [0.3, 0.4) is 0 Å². The van der Waals surface area contributed by atoms with Gasteiger partial charge in [-0.3, -0.25) is 0 Å². The van der Waals surface area contributed by atoms with E-state index in [-0.39, 0.29) is 16.0 Å². The van der Waals surface area contributed by atoms with Gasteiger partial charge in [-0.05, 0) is 27.7 Å². The summed E-state index contributed by atoms with van der Waals surface area (Å²) < 4.78 is 10.4. The largest absolute Gasteiger partial charge is 0.461 e. The van der Waals surface area contributed by atoms with Gasteiger partial charge < -0.3 is 9.47 Å². The van der Waals surface area contributed by atoms with Gasteiger partial charge in [0.2, 0.25) is 0 Å². The standard InChI is InChI=1S/C23H40O4S6/c1-19(2)21(24)26-7-9-28-11-13-30-15-17-32-23(5,6)33-18-16-31-14-12-29-10-8-27-22(25)20(3)4/h1,3,7-18H2,2,4-6H3. The van der Waals surface area contributed by atoms with Crippen molar-refractivity contribution in [1.82, 2.24) is 0 Å². The van der Waals surface area contributed by atoms with E-state index >= 15 is 0 Å². The van der Waals surface area contributed by atoms with E-state index in [1.165, 1.54) is 23.0 Å². The highest BCUT2D eigenvalue weighted by atomic mass is 32.2. The topological polar surface area (TPSA) is 52.6 Å². The van der Waals surface area contributed by atoms with E-state index in [4.69, 9.17) is 9.47 Å². The molecule has 0 aliphatic rings. The summed E-state index contributed by atoms with van der Waals surface area (Å²) in [4.78, 5) is 22.5. The molecule has 0 saturated carbocycles. The first-order valence-electron chi connectivity index (χ1n) is 10.9. The molecule has 0 aromatic heterocycles. The third-order valence-corrected chi connectivity index (χ3v) is 11.5. The number of rotatable bonds is 22. The molecule has 0 aliphatic heterocycles. The molecule has 0 spiro atoms. The molecule has 0 radical (unpaired) electrons. The van der Waals surface area contributed by atoms with Crippen molar-refractivity contribution in [3.05, 3.63) is 24.3 Å².